The Morgan fingerprint density at radius 2 is 1.85 bits per heavy atom. The van der Waals surface area contributed by atoms with Crippen molar-refractivity contribution < 1.29 is 27.3 Å². The first kappa shape index (κ1) is 23.5. The fraction of sp³-hybridized carbons (Fsp3) is 0.609. The Bertz CT molecular complexity index is 1140. The predicted molar refractivity (Wildman–Crippen MR) is 121 cm³/mol. The van der Waals surface area contributed by atoms with Gasteiger partial charge in [-0.3, -0.25) is 9.36 Å². The molecule has 0 aromatic carbocycles. The second-order valence-electron chi connectivity index (χ2n) is 9.14. The summed E-state index contributed by atoms with van der Waals surface area (Å²) in [6.45, 7) is 5.02. The fourth-order valence-corrected chi connectivity index (χ4v) is 6.83. The van der Waals surface area contributed by atoms with E-state index in [1.807, 2.05) is 6.92 Å². The number of carbonyl (C=O) groups excluding carboxylic acids is 2. The van der Waals surface area contributed by atoms with Gasteiger partial charge in [0, 0.05) is 29.5 Å². The summed E-state index contributed by atoms with van der Waals surface area (Å²) >= 11 is 0. The lowest BCUT2D eigenvalue weighted by Gasteiger charge is -2.38. The molecule has 2 aromatic heterocycles. The number of carbonyl (C=O) groups is 2. The van der Waals surface area contributed by atoms with E-state index in [4.69, 9.17) is 9.26 Å². The maximum absolute atomic E-state index is 13.2. The van der Waals surface area contributed by atoms with Gasteiger partial charge >= 0.3 is 5.97 Å². The summed E-state index contributed by atoms with van der Waals surface area (Å²) in [5.41, 5.74) is 1.79. The number of sulfone groups is 1. The van der Waals surface area contributed by atoms with E-state index >= 15 is 0 Å². The number of nitrogens with zero attached hydrogens (tertiary/aromatic N) is 3. The summed E-state index contributed by atoms with van der Waals surface area (Å²) in [5, 5.41) is 4.01. The maximum Gasteiger partial charge on any atom is 0.340 e. The molecule has 0 spiro atoms. The number of amides is 1. The van der Waals surface area contributed by atoms with E-state index in [1.54, 1.807) is 35.4 Å². The van der Waals surface area contributed by atoms with Crippen molar-refractivity contribution in [1.82, 2.24) is 14.6 Å². The third-order valence-electron chi connectivity index (χ3n) is 6.68. The molecule has 0 bridgehead atoms. The number of ether oxygens (including phenoxy) is 1. The summed E-state index contributed by atoms with van der Waals surface area (Å²) in [7, 11) is -3.14. The zero-order valence-electron chi connectivity index (χ0n) is 19.4. The van der Waals surface area contributed by atoms with Crippen LogP contribution in [0.15, 0.2) is 16.7 Å². The number of esters is 1. The van der Waals surface area contributed by atoms with Gasteiger partial charge in [0.15, 0.2) is 22.3 Å². The summed E-state index contributed by atoms with van der Waals surface area (Å²) < 4.78 is 36.5. The Balaban J connectivity index is 1.48. The van der Waals surface area contributed by atoms with Crippen LogP contribution >= 0.6 is 0 Å². The third kappa shape index (κ3) is 5.00. The van der Waals surface area contributed by atoms with Crippen molar-refractivity contribution in [1.29, 1.82) is 0 Å². The Hall–Kier alpha value is -2.62. The molecular weight excluding hydrogens is 446 g/mol. The lowest BCUT2D eigenvalue weighted by Crippen LogP contribution is -2.50. The molecule has 2 aliphatic rings. The molecule has 1 aliphatic heterocycles. The van der Waals surface area contributed by atoms with Crippen molar-refractivity contribution in [2.45, 2.75) is 71.4 Å². The molecule has 33 heavy (non-hydrogen) atoms. The molecule has 9 nitrogen and oxygen atoms in total. The summed E-state index contributed by atoms with van der Waals surface area (Å²) in [6, 6.07) is 3.14. The van der Waals surface area contributed by atoms with Gasteiger partial charge in [-0.2, -0.15) is 0 Å². The molecule has 0 unspecified atom stereocenters. The lowest BCUT2D eigenvalue weighted by molar-refractivity contribution is -0.140. The third-order valence-corrected chi connectivity index (χ3v) is 8.43. The molecule has 2 aromatic rings. The highest BCUT2D eigenvalue weighted by Crippen LogP contribution is 2.29. The van der Waals surface area contributed by atoms with Crippen molar-refractivity contribution in [2.24, 2.45) is 0 Å². The van der Waals surface area contributed by atoms with Crippen molar-refractivity contribution in [3.8, 4) is 5.82 Å². The number of hydrogen-bond acceptors (Lipinski definition) is 7. The molecule has 4 rings (SSSR count). The number of aryl methyl sites for hydroxylation is 2. The highest BCUT2D eigenvalue weighted by atomic mass is 32.2. The van der Waals surface area contributed by atoms with E-state index < -0.39 is 22.4 Å². The van der Waals surface area contributed by atoms with Gasteiger partial charge in [0.2, 0.25) is 0 Å². The van der Waals surface area contributed by atoms with Gasteiger partial charge in [-0.15, -0.1) is 0 Å². The van der Waals surface area contributed by atoms with Gasteiger partial charge in [-0.05, 0) is 46.1 Å². The van der Waals surface area contributed by atoms with Gasteiger partial charge in [0.1, 0.15) is 5.76 Å². The smallest absolute Gasteiger partial charge is 0.340 e. The molecule has 0 radical (unpaired) electrons. The molecular formula is C23H31N3O6S. The molecule has 1 atom stereocenters. The van der Waals surface area contributed by atoms with Crippen LogP contribution in [0.5, 0.6) is 0 Å². The van der Waals surface area contributed by atoms with Crippen LogP contribution in [-0.4, -0.2) is 65.1 Å². The second kappa shape index (κ2) is 9.32. The van der Waals surface area contributed by atoms with Crippen LogP contribution in [0, 0.1) is 20.8 Å². The van der Waals surface area contributed by atoms with Gasteiger partial charge in [-0.1, -0.05) is 24.4 Å². The zero-order chi connectivity index (χ0) is 23.8. The molecule has 10 heteroatoms. The van der Waals surface area contributed by atoms with E-state index in [0.29, 0.717) is 29.3 Å². The topological polar surface area (TPSA) is 112 Å². The monoisotopic (exact) mass is 477 g/mol. The van der Waals surface area contributed by atoms with Crippen molar-refractivity contribution in [3.63, 3.8) is 0 Å². The quantitative estimate of drug-likeness (QED) is 0.588. The minimum atomic E-state index is -3.14. The maximum atomic E-state index is 13.2. The Morgan fingerprint density at radius 1 is 1.12 bits per heavy atom. The van der Waals surface area contributed by atoms with E-state index in [1.165, 1.54) is 0 Å². The molecule has 1 aliphatic carbocycles. The molecule has 1 saturated carbocycles. The SMILES string of the molecule is Cc1cc(-n2c(C)cc(C(=O)OCC(=O)N(C3CCCCC3)[C@@H]3CCS(=O)(=O)C3)c2C)no1. The van der Waals surface area contributed by atoms with E-state index in [9.17, 15) is 18.0 Å². The van der Waals surface area contributed by atoms with Crippen LogP contribution in [-0.2, 0) is 19.4 Å². The van der Waals surface area contributed by atoms with Crippen molar-refractivity contribution >= 4 is 21.7 Å². The molecule has 0 N–H and O–H groups in total. The van der Waals surface area contributed by atoms with E-state index in [0.717, 1.165) is 37.8 Å². The summed E-state index contributed by atoms with van der Waals surface area (Å²) in [6.07, 6.45) is 5.30. The van der Waals surface area contributed by atoms with Gasteiger partial charge < -0.3 is 14.2 Å². The van der Waals surface area contributed by atoms with Gasteiger partial charge in [-0.25, -0.2) is 13.2 Å². The second-order valence-corrected chi connectivity index (χ2v) is 11.4. The Kier molecular flexibility index (Phi) is 6.65. The van der Waals surface area contributed by atoms with Crippen LogP contribution in [0.1, 0.15) is 66.0 Å². The first-order valence-electron chi connectivity index (χ1n) is 11.5. The van der Waals surface area contributed by atoms with Gasteiger partial charge in [0.25, 0.3) is 5.91 Å². The van der Waals surface area contributed by atoms with Crippen LogP contribution in [0.4, 0.5) is 0 Å². The number of rotatable bonds is 6. The molecule has 1 amide bonds. The first-order valence-corrected chi connectivity index (χ1v) is 13.3. The first-order chi connectivity index (χ1) is 15.7. The average Bonchev–Trinajstić information content (AvgIpc) is 3.44. The molecule has 180 valence electrons. The molecule has 1 saturated heterocycles. The van der Waals surface area contributed by atoms with Crippen LogP contribution in [0.2, 0.25) is 0 Å². The predicted octanol–water partition coefficient (Wildman–Crippen LogP) is 2.90. The van der Waals surface area contributed by atoms with E-state index in [-0.39, 0.29) is 29.5 Å². The van der Waals surface area contributed by atoms with Crippen LogP contribution in [0.25, 0.3) is 5.82 Å². The highest BCUT2D eigenvalue weighted by molar-refractivity contribution is 7.91. The molecule has 3 heterocycles. The van der Waals surface area contributed by atoms with Gasteiger partial charge in [0.05, 0.1) is 17.1 Å². The van der Waals surface area contributed by atoms with E-state index in [2.05, 4.69) is 5.16 Å². The summed E-state index contributed by atoms with van der Waals surface area (Å²) in [4.78, 5) is 27.7. The van der Waals surface area contributed by atoms with Crippen LogP contribution < -0.4 is 0 Å². The standard InChI is InChI=1S/C23H31N3O6S/c1-15-11-20(17(3)25(15)21-12-16(2)32-24-21)23(28)31-13-22(27)26(18-7-5-4-6-8-18)19-9-10-33(29,30)14-19/h11-12,18-19H,4-10,13-14H2,1-3H3/t19-/m1/s1. The number of hydrogen-bond donors (Lipinski definition) is 0. The Morgan fingerprint density at radius 3 is 2.45 bits per heavy atom. The molecule has 2 fully saturated rings. The summed E-state index contributed by atoms with van der Waals surface area (Å²) in [5.74, 6) is 0.402. The fourth-order valence-electron chi connectivity index (χ4n) is 5.12. The van der Waals surface area contributed by atoms with Crippen molar-refractivity contribution in [3.05, 3.63) is 34.8 Å². The highest BCUT2D eigenvalue weighted by Gasteiger charge is 2.38. The van der Waals surface area contributed by atoms with Crippen molar-refractivity contribution in [2.75, 3.05) is 18.1 Å². The largest absolute Gasteiger partial charge is 0.452 e. The Labute approximate surface area is 194 Å². The normalized spacial score (nSPS) is 20.6. The van der Waals surface area contributed by atoms with Crippen LogP contribution in [0.3, 0.4) is 0 Å². The zero-order valence-corrected chi connectivity index (χ0v) is 20.2. The lowest BCUT2D eigenvalue weighted by atomic mass is 9.93. The number of aromatic nitrogens is 2. The average molecular weight is 478 g/mol. The minimum Gasteiger partial charge on any atom is -0.452 e. The minimum absolute atomic E-state index is 0.00345.